The van der Waals surface area contributed by atoms with Crippen LogP contribution < -0.4 is 21.3 Å². The second-order valence-corrected chi connectivity index (χ2v) is 35.0. The first-order valence-corrected chi connectivity index (χ1v) is 46.2. The molecule has 0 aromatic heterocycles. The van der Waals surface area contributed by atoms with Crippen molar-refractivity contribution in [1.82, 2.24) is 21.3 Å². The number of aliphatic carboxylic acids is 2. The van der Waals surface area contributed by atoms with Gasteiger partial charge in [-0.2, -0.15) is 0 Å². The van der Waals surface area contributed by atoms with Crippen molar-refractivity contribution in [3.8, 4) is 0 Å². The summed E-state index contributed by atoms with van der Waals surface area (Å²) in [5.74, 6) is -14.3. The summed E-state index contributed by atoms with van der Waals surface area (Å²) in [6.07, 6.45) is -29.0. The number of carbonyl (C=O) groups is 6. The van der Waals surface area contributed by atoms with Gasteiger partial charge in [-0.1, -0.05) is 193 Å². The van der Waals surface area contributed by atoms with Crippen LogP contribution in [0.15, 0.2) is 12.2 Å². The Bertz CT molecular complexity index is 3240. The van der Waals surface area contributed by atoms with Crippen LogP contribution in [0.1, 0.15) is 240 Å². The molecule has 0 saturated carbocycles. The van der Waals surface area contributed by atoms with Crippen LogP contribution in [0, 0.1) is 0 Å². The topological polar surface area (TPSA) is 686 Å². The third-order valence-electron chi connectivity index (χ3n) is 24.6. The number of carbonyl (C=O) groups excluding carboxylic acids is 4. The van der Waals surface area contributed by atoms with E-state index in [1.54, 1.807) is 6.08 Å². The molecule has 4 amide bonds. The van der Waals surface area contributed by atoms with Gasteiger partial charge in [-0.05, 0) is 19.3 Å². The average Bonchev–Trinajstić information content (AvgIpc) is 0.748. The Hall–Kier alpha value is -4.68. The summed E-state index contributed by atoms with van der Waals surface area (Å²) in [6, 6.07) is -6.86. The van der Waals surface area contributed by atoms with E-state index in [0.717, 1.165) is 85.0 Å². The first-order valence-electron chi connectivity index (χ1n) is 46.2. The summed E-state index contributed by atoms with van der Waals surface area (Å²) in [7, 11) is 0. The Kier molecular flexibility index (Phi) is 50.9. The minimum absolute atomic E-state index is 0.0980. The molecule has 26 unspecified atom stereocenters. The highest BCUT2D eigenvalue weighted by Crippen LogP contribution is 2.43. The largest absolute Gasteiger partial charge is 0.477 e. The lowest BCUT2D eigenvalue weighted by Gasteiger charge is -2.53. The molecule has 0 aromatic carbocycles. The summed E-state index contributed by atoms with van der Waals surface area (Å²) in [5, 5.41) is 247. The molecule has 0 bridgehead atoms. The fourth-order valence-electron chi connectivity index (χ4n) is 17.3. The molecule has 0 radical (unpaired) electrons. The van der Waals surface area contributed by atoms with Crippen LogP contribution in [-0.2, 0) is 85.6 Å². The van der Waals surface area contributed by atoms with Gasteiger partial charge in [0, 0.05) is 40.0 Å². The molecule has 43 heteroatoms. The van der Waals surface area contributed by atoms with Gasteiger partial charge in [-0.3, -0.25) is 19.2 Å². The molecule has 0 aromatic rings. The summed E-state index contributed by atoms with van der Waals surface area (Å²) in [6.45, 7) is -0.771. The molecule has 6 rings (SSSR count). The first kappa shape index (κ1) is 113. The summed E-state index contributed by atoms with van der Waals surface area (Å²) < 4.78 is 72.4. The van der Waals surface area contributed by atoms with E-state index in [-0.39, 0.29) is 6.42 Å². The lowest BCUT2D eigenvalue weighted by Crippen LogP contribution is -2.72. The number of carboxylic acids is 2. The van der Waals surface area contributed by atoms with Gasteiger partial charge in [0.2, 0.25) is 23.6 Å². The van der Waals surface area contributed by atoms with Gasteiger partial charge in [-0.15, -0.1) is 0 Å². The number of hydrogen-bond acceptors (Lipinski definition) is 37. The molecule has 43 nitrogen and oxygen atoms in total. The van der Waals surface area contributed by atoms with Crippen molar-refractivity contribution in [3.05, 3.63) is 12.2 Å². The zero-order valence-electron chi connectivity index (χ0n) is 74.9. The Labute approximate surface area is 752 Å². The number of nitrogens with one attached hydrogen (secondary N) is 4. The minimum Gasteiger partial charge on any atom is -0.477 e. The van der Waals surface area contributed by atoms with Crippen molar-refractivity contribution in [2.24, 2.45) is 0 Å². The fraction of sp³-hybridized carbons (Fsp3) is 0.907. The van der Waals surface area contributed by atoms with E-state index < -0.39 is 302 Å². The quantitative estimate of drug-likeness (QED) is 0.0212. The molecular weight excluding hydrogens is 1710 g/mol. The first-order chi connectivity index (χ1) is 61.6. The van der Waals surface area contributed by atoms with E-state index in [4.69, 9.17) is 56.8 Å². The summed E-state index contributed by atoms with van der Waals surface area (Å²) in [5.41, 5.74) is 0. The van der Waals surface area contributed by atoms with Gasteiger partial charge < -0.3 is 185 Å². The molecular formula is C86H152N4O39. The monoisotopic (exact) mass is 1870 g/mol. The predicted octanol–water partition coefficient (Wildman–Crippen LogP) is -3.09. The second-order valence-electron chi connectivity index (χ2n) is 35.0. The van der Waals surface area contributed by atoms with Crippen LogP contribution in [0.25, 0.3) is 0 Å². The van der Waals surface area contributed by atoms with Crippen LogP contribution in [0.3, 0.4) is 0 Å². The molecule has 6 saturated heterocycles. The van der Waals surface area contributed by atoms with Gasteiger partial charge in [0.15, 0.2) is 25.2 Å². The van der Waals surface area contributed by atoms with E-state index in [9.17, 15) is 136 Å². The van der Waals surface area contributed by atoms with E-state index in [2.05, 4.69) is 35.1 Å². The number of hydrogen-bond donors (Lipinski definition) is 25. The average molecular weight is 1870 g/mol. The molecule has 129 heavy (non-hydrogen) atoms. The lowest BCUT2D eigenvalue weighted by atomic mass is 9.88. The van der Waals surface area contributed by atoms with Crippen molar-refractivity contribution >= 4 is 35.6 Å². The maximum atomic E-state index is 14.0. The number of unbranched alkanes of at least 4 members (excludes halogenated alkanes) is 27. The third kappa shape index (κ3) is 33.6. The molecule has 0 spiro atoms. The lowest BCUT2D eigenvalue weighted by molar-refractivity contribution is -0.404. The van der Waals surface area contributed by atoms with Crippen LogP contribution in [-0.4, -0.2) is 396 Å². The molecule has 0 aliphatic carbocycles. The van der Waals surface area contributed by atoms with Crippen molar-refractivity contribution in [2.45, 2.75) is 447 Å². The zero-order chi connectivity index (χ0) is 95.2. The third-order valence-corrected chi connectivity index (χ3v) is 24.6. The Morgan fingerprint density at radius 1 is 0.403 bits per heavy atom. The highest BCUT2D eigenvalue weighted by Gasteiger charge is 2.64. The summed E-state index contributed by atoms with van der Waals surface area (Å²) >= 11 is 0. The number of aliphatic hydroxyl groups is 19. The molecule has 25 N–H and O–H groups in total. The van der Waals surface area contributed by atoms with Crippen LogP contribution in [0.4, 0.5) is 0 Å². The number of amides is 4. The molecule has 6 aliphatic heterocycles. The number of carboxylic acid groups (broad SMARTS) is 2. The highest BCUT2D eigenvalue weighted by molar-refractivity contribution is 5.78. The smallest absolute Gasteiger partial charge is 0.364 e. The summed E-state index contributed by atoms with van der Waals surface area (Å²) in [4.78, 5) is 79.3. The van der Waals surface area contributed by atoms with E-state index >= 15 is 0 Å². The Morgan fingerprint density at radius 2 is 0.760 bits per heavy atom. The SMILES string of the molecule is CCCCCCCCCCCCCCC/C=C/[C@@H](O)[C@H](COC1OC(CO)C(OC2OC(CO)C(OC3OC(CO)C(O)C(OC4OC(CO)C(OC5(C(=O)O)CC(O)[C@@H](NC(C)=O)C([C@@H](O)[C@@H](O)CO)O5)C(O)C4O)C3NC(C)=O)C(OC3(C(=O)O)CC(O)[C@@H](NC(C)=O)C([C@@H](O)[C@@H](O)CO)O3)C2O)C(O)C1O)NC(=O)CCCCCCCCCCCCCCCCC. The standard InChI is InChI=1S/C86H152N4O39/c1-6-8-10-12-14-16-18-20-22-24-26-28-30-32-34-36-51(100)50(90-60(105)37-35-33-31-29-27-25-23-21-19-17-15-13-11-9-7-2)46-118-80-69(111)67(109)72(57(43-94)120-80)123-82-71(113)78(129-86(84(116)117)39-53(102)62(88-48(4)98)77(128-86)65(107)55(104)41-92)74(59(45-96)122-82)124-79-63(89-49(5)99)75(66(108)56(42-93)119-79)125-81-70(112)68(110)73(58(44-95)121-81)126-85(83(114)115)38-52(101)61(87-47(3)97)76(127-85)64(106)54(103)40-91/h34,36,50-59,61-82,91-96,100-104,106-113H,6-33,35,37-46H2,1-5H3,(H,87,97)(H,88,98)(H,89,99)(H,90,105)(H,114,115)(H,116,117)/b36-34+/t50-,51+,52?,53?,54-,55-,56?,57?,58?,59?,61+,62+,63?,64-,65-,66?,67?,68?,69?,70?,71?,72?,73?,74?,75?,76?,77?,78?,79?,80?,81?,82?,85?,86?/m0/s1. The Morgan fingerprint density at radius 3 is 1.19 bits per heavy atom. The van der Waals surface area contributed by atoms with Crippen molar-refractivity contribution in [2.75, 3.05) is 46.2 Å². The zero-order valence-corrected chi connectivity index (χ0v) is 74.9. The molecule has 750 valence electrons. The molecule has 6 fully saturated rings. The van der Waals surface area contributed by atoms with Crippen molar-refractivity contribution in [1.29, 1.82) is 0 Å². The van der Waals surface area contributed by atoms with Crippen molar-refractivity contribution < 1.29 is 193 Å². The van der Waals surface area contributed by atoms with E-state index in [1.807, 2.05) is 0 Å². The fourth-order valence-corrected chi connectivity index (χ4v) is 17.3. The molecule has 34 atom stereocenters. The van der Waals surface area contributed by atoms with Gasteiger partial charge in [0.25, 0.3) is 11.6 Å². The van der Waals surface area contributed by atoms with Crippen LogP contribution in [0.5, 0.6) is 0 Å². The number of rotatable bonds is 61. The van der Waals surface area contributed by atoms with Gasteiger partial charge in [0.05, 0.1) is 82.7 Å². The highest BCUT2D eigenvalue weighted by atomic mass is 16.8. The number of ether oxygens (including phenoxy) is 12. The molecule has 6 heterocycles. The second kappa shape index (κ2) is 58.0. The maximum absolute atomic E-state index is 14.0. The van der Waals surface area contributed by atoms with Gasteiger partial charge in [0.1, 0.15) is 134 Å². The van der Waals surface area contributed by atoms with Gasteiger partial charge >= 0.3 is 11.9 Å². The normalized spacial score (nSPS) is 34.8. The molecule has 6 aliphatic rings. The van der Waals surface area contributed by atoms with Crippen molar-refractivity contribution in [3.63, 3.8) is 0 Å². The van der Waals surface area contributed by atoms with E-state index in [1.165, 1.54) is 115 Å². The minimum atomic E-state index is -3.49. The number of aliphatic hydroxyl groups excluding tert-OH is 19. The van der Waals surface area contributed by atoms with E-state index in [0.29, 0.717) is 12.8 Å². The number of allylic oxidation sites excluding steroid dienone is 1. The van der Waals surface area contributed by atoms with Crippen LogP contribution >= 0.6 is 0 Å². The predicted molar refractivity (Wildman–Crippen MR) is 449 cm³/mol. The maximum Gasteiger partial charge on any atom is 0.364 e. The van der Waals surface area contributed by atoms with Crippen LogP contribution in [0.2, 0.25) is 0 Å². The van der Waals surface area contributed by atoms with Gasteiger partial charge in [-0.25, -0.2) is 9.59 Å². The Balaban J connectivity index is 1.27.